The van der Waals surface area contributed by atoms with E-state index in [-0.39, 0.29) is 5.92 Å². The van der Waals surface area contributed by atoms with Crippen LogP contribution in [0.3, 0.4) is 0 Å². The van der Waals surface area contributed by atoms with Crippen molar-refractivity contribution in [2.75, 3.05) is 0 Å². The van der Waals surface area contributed by atoms with Gasteiger partial charge in [0.25, 0.3) is 0 Å². The van der Waals surface area contributed by atoms with E-state index in [1.807, 2.05) is 31.2 Å². The van der Waals surface area contributed by atoms with E-state index in [0.717, 1.165) is 10.9 Å². The standard InChI is InChI=1S/C17H13O/c1-12(11-18)14-7-4-8-16-15-6-3-2-5-13(15)9-10-17(14)16/h2-10,12H,1H3. The van der Waals surface area contributed by atoms with Crippen molar-refractivity contribution < 1.29 is 4.79 Å². The zero-order chi connectivity index (χ0) is 12.5. The molecule has 0 aliphatic rings. The van der Waals surface area contributed by atoms with Crippen LogP contribution in [0.5, 0.6) is 0 Å². The van der Waals surface area contributed by atoms with E-state index in [9.17, 15) is 4.79 Å². The molecule has 0 saturated heterocycles. The largest absolute Gasteiger partial charge is 0.290 e. The summed E-state index contributed by atoms with van der Waals surface area (Å²) in [4.78, 5) is 10.9. The van der Waals surface area contributed by atoms with Crippen LogP contribution in [-0.4, -0.2) is 6.29 Å². The van der Waals surface area contributed by atoms with Gasteiger partial charge in [0, 0.05) is 5.92 Å². The van der Waals surface area contributed by atoms with Crippen LogP contribution < -0.4 is 0 Å². The fourth-order valence-electron chi connectivity index (χ4n) is 2.51. The van der Waals surface area contributed by atoms with E-state index < -0.39 is 0 Å². The second kappa shape index (κ2) is 4.26. The number of carbonyl (C=O) groups excluding carboxylic acids is 1. The van der Waals surface area contributed by atoms with Crippen molar-refractivity contribution in [1.82, 2.24) is 0 Å². The first-order valence-electron chi connectivity index (χ1n) is 6.09. The highest BCUT2D eigenvalue weighted by Gasteiger charge is 2.10. The van der Waals surface area contributed by atoms with Crippen LogP contribution in [0, 0.1) is 0 Å². The molecule has 87 valence electrons. The van der Waals surface area contributed by atoms with Gasteiger partial charge in [-0.2, -0.15) is 0 Å². The van der Waals surface area contributed by atoms with Crippen LogP contribution in [0.4, 0.5) is 0 Å². The molecule has 1 nitrogen and oxygen atoms in total. The Balaban J connectivity index is 2.43. The molecular weight excluding hydrogens is 220 g/mol. The maximum atomic E-state index is 10.9. The first-order valence-corrected chi connectivity index (χ1v) is 6.09. The van der Waals surface area contributed by atoms with Gasteiger partial charge in [-0.15, -0.1) is 0 Å². The zero-order valence-corrected chi connectivity index (χ0v) is 10.2. The first-order chi connectivity index (χ1) is 8.81. The molecule has 3 aromatic carbocycles. The molecule has 0 N–H and O–H groups in total. The average Bonchev–Trinajstić information content (AvgIpc) is 2.45. The van der Waals surface area contributed by atoms with E-state index in [1.54, 1.807) is 0 Å². The Kier molecular flexibility index (Phi) is 2.60. The van der Waals surface area contributed by atoms with Gasteiger partial charge in [0.15, 0.2) is 0 Å². The van der Waals surface area contributed by atoms with Crippen LogP contribution in [0.1, 0.15) is 18.4 Å². The maximum Gasteiger partial charge on any atom is 0.206 e. The van der Waals surface area contributed by atoms with E-state index >= 15 is 0 Å². The fraction of sp³-hybridized carbons (Fsp3) is 0.118. The van der Waals surface area contributed by atoms with Gasteiger partial charge in [0.05, 0.1) is 0 Å². The second-order valence-corrected chi connectivity index (χ2v) is 4.57. The summed E-state index contributed by atoms with van der Waals surface area (Å²) >= 11 is 0. The minimum absolute atomic E-state index is 0.185. The van der Waals surface area contributed by atoms with Gasteiger partial charge in [0.1, 0.15) is 0 Å². The molecule has 0 saturated carbocycles. The summed E-state index contributed by atoms with van der Waals surface area (Å²) in [5.74, 6) is -0.185. The van der Waals surface area contributed by atoms with Crippen molar-refractivity contribution in [1.29, 1.82) is 0 Å². The van der Waals surface area contributed by atoms with Crippen molar-refractivity contribution >= 4 is 27.8 Å². The van der Waals surface area contributed by atoms with Crippen molar-refractivity contribution in [3.8, 4) is 0 Å². The molecule has 1 heteroatoms. The summed E-state index contributed by atoms with van der Waals surface area (Å²) in [5, 5.41) is 4.81. The molecule has 0 amide bonds. The lowest BCUT2D eigenvalue weighted by Crippen LogP contribution is -1.95. The minimum atomic E-state index is -0.185. The second-order valence-electron chi connectivity index (χ2n) is 4.57. The number of rotatable bonds is 2. The van der Waals surface area contributed by atoms with Crippen LogP contribution in [-0.2, 0) is 4.79 Å². The molecule has 0 aliphatic carbocycles. The minimum Gasteiger partial charge on any atom is -0.290 e. The van der Waals surface area contributed by atoms with E-state index in [4.69, 9.17) is 0 Å². The summed E-state index contributed by atoms with van der Waals surface area (Å²) in [6.45, 7) is 1.89. The summed E-state index contributed by atoms with van der Waals surface area (Å²) in [6, 6.07) is 18.7. The number of benzene rings is 3. The lowest BCUT2D eigenvalue weighted by Gasteiger charge is -2.10. The third-order valence-corrected chi connectivity index (χ3v) is 3.46. The fourth-order valence-corrected chi connectivity index (χ4v) is 2.51. The summed E-state index contributed by atoms with van der Waals surface area (Å²) in [7, 11) is 0. The van der Waals surface area contributed by atoms with Crippen molar-refractivity contribution in [2.24, 2.45) is 0 Å². The van der Waals surface area contributed by atoms with Gasteiger partial charge in [-0.3, -0.25) is 4.79 Å². The summed E-state index contributed by atoms with van der Waals surface area (Å²) in [6.07, 6.45) is 2.07. The molecule has 0 aromatic heterocycles. The van der Waals surface area contributed by atoms with E-state index in [2.05, 4.69) is 36.6 Å². The van der Waals surface area contributed by atoms with Crippen LogP contribution in [0.15, 0.2) is 54.6 Å². The van der Waals surface area contributed by atoms with Crippen LogP contribution in [0.2, 0.25) is 0 Å². The highest BCUT2D eigenvalue weighted by Crippen LogP contribution is 2.30. The Bertz CT molecular complexity index is 728. The Morgan fingerprint density at radius 2 is 1.61 bits per heavy atom. The Morgan fingerprint density at radius 3 is 2.44 bits per heavy atom. The molecule has 1 radical (unpaired) electrons. The third-order valence-electron chi connectivity index (χ3n) is 3.46. The monoisotopic (exact) mass is 233 g/mol. The number of fused-ring (bicyclic) bond motifs is 3. The van der Waals surface area contributed by atoms with Crippen molar-refractivity contribution in [3.05, 3.63) is 60.2 Å². The third kappa shape index (κ3) is 1.60. The topological polar surface area (TPSA) is 17.1 Å². The SMILES string of the molecule is CC([C]=O)c1cccc2c1ccc1ccccc12. The molecule has 3 aromatic rings. The Morgan fingerprint density at radius 1 is 0.833 bits per heavy atom. The summed E-state index contributed by atoms with van der Waals surface area (Å²) < 4.78 is 0. The quantitative estimate of drug-likeness (QED) is 0.606. The smallest absolute Gasteiger partial charge is 0.206 e. The predicted molar refractivity (Wildman–Crippen MR) is 75.6 cm³/mol. The van der Waals surface area contributed by atoms with Gasteiger partial charge in [0.2, 0.25) is 6.29 Å². The van der Waals surface area contributed by atoms with Gasteiger partial charge in [-0.25, -0.2) is 0 Å². The molecule has 0 aliphatic heterocycles. The van der Waals surface area contributed by atoms with Gasteiger partial charge < -0.3 is 0 Å². The number of hydrogen-bond acceptors (Lipinski definition) is 1. The average molecular weight is 233 g/mol. The zero-order valence-electron chi connectivity index (χ0n) is 10.2. The van der Waals surface area contributed by atoms with Crippen molar-refractivity contribution in [3.63, 3.8) is 0 Å². The normalized spacial score (nSPS) is 12.7. The Labute approximate surface area is 106 Å². The molecule has 18 heavy (non-hydrogen) atoms. The number of hydrogen-bond donors (Lipinski definition) is 0. The maximum absolute atomic E-state index is 10.9. The molecule has 0 bridgehead atoms. The predicted octanol–water partition coefficient (Wildman–Crippen LogP) is 4.21. The Hall–Kier alpha value is -2.15. The molecule has 1 atom stereocenters. The highest BCUT2D eigenvalue weighted by atomic mass is 16.1. The van der Waals surface area contributed by atoms with Gasteiger partial charge >= 0.3 is 0 Å². The molecule has 1 unspecified atom stereocenters. The van der Waals surface area contributed by atoms with E-state index in [0.29, 0.717) is 0 Å². The van der Waals surface area contributed by atoms with Gasteiger partial charge in [-0.1, -0.05) is 61.5 Å². The first kappa shape index (κ1) is 11.0. The van der Waals surface area contributed by atoms with Crippen LogP contribution >= 0.6 is 0 Å². The van der Waals surface area contributed by atoms with Crippen LogP contribution in [0.25, 0.3) is 21.5 Å². The molecule has 0 spiro atoms. The molecule has 0 heterocycles. The molecular formula is C17H13O. The molecule has 3 rings (SSSR count). The highest BCUT2D eigenvalue weighted by molar-refractivity contribution is 6.08. The lowest BCUT2D eigenvalue weighted by molar-refractivity contribution is 0.547. The summed E-state index contributed by atoms with van der Waals surface area (Å²) in [5.41, 5.74) is 1.05. The van der Waals surface area contributed by atoms with E-state index in [1.165, 1.54) is 16.2 Å². The van der Waals surface area contributed by atoms with Crippen molar-refractivity contribution in [2.45, 2.75) is 12.8 Å². The molecule has 0 fully saturated rings. The van der Waals surface area contributed by atoms with Gasteiger partial charge in [-0.05, 0) is 27.1 Å². The lowest BCUT2D eigenvalue weighted by atomic mass is 9.93.